The molecule has 8 heteroatoms. The maximum absolute atomic E-state index is 12.9. The number of nitrogens with one attached hydrogen (secondary N) is 1. The molecule has 0 bridgehead atoms. The van der Waals surface area contributed by atoms with Gasteiger partial charge >= 0.3 is 0 Å². The van der Waals surface area contributed by atoms with Crippen LogP contribution in [0.25, 0.3) is 10.1 Å². The number of fused-ring (bicyclic) bond motifs is 1. The highest BCUT2D eigenvalue weighted by atomic mass is 35.5. The highest BCUT2D eigenvalue weighted by Crippen LogP contribution is 2.41. The topological polar surface area (TPSA) is 41.6 Å². The number of amides is 1. The number of ether oxygens (including phenoxy) is 1. The zero-order valence-corrected chi connectivity index (χ0v) is 18.1. The zero-order valence-electron chi connectivity index (χ0n) is 15.0. The molecule has 28 heavy (non-hydrogen) atoms. The van der Waals surface area contributed by atoms with Crippen molar-refractivity contribution < 1.29 is 9.53 Å². The molecule has 0 spiro atoms. The Labute approximate surface area is 181 Å². The molecule has 4 rings (SSSR count). The van der Waals surface area contributed by atoms with E-state index < -0.39 is 0 Å². The van der Waals surface area contributed by atoms with E-state index in [4.69, 9.17) is 39.5 Å². The Hall–Kier alpha value is -1.50. The van der Waals surface area contributed by atoms with E-state index in [0.29, 0.717) is 25.3 Å². The van der Waals surface area contributed by atoms with Crippen LogP contribution in [-0.2, 0) is 4.74 Å². The fraction of sp³-hybridized carbons (Fsp3) is 0.250. The molecule has 2 heterocycles. The summed E-state index contributed by atoms with van der Waals surface area (Å²) < 4.78 is 6.19. The molecule has 0 atom stereocenters. The normalized spacial score (nSPS) is 14.5. The second-order valence-corrected chi connectivity index (χ2v) is 8.83. The van der Waals surface area contributed by atoms with Gasteiger partial charge in [0.25, 0.3) is 5.91 Å². The van der Waals surface area contributed by atoms with E-state index in [1.54, 1.807) is 12.1 Å². The van der Waals surface area contributed by atoms with Crippen molar-refractivity contribution in [3.63, 3.8) is 0 Å². The first-order valence-electron chi connectivity index (χ1n) is 8.76. The molecule has 4 nitrogen and oxygen atoms in total. The van der Waals surface area contributed by atoms with Crippen LogP contribution in [0.5, 0.6) is 0 Å². The largest absolute Gasteiger partial charge is 0.378 e. The van der Waals surface area contributed by atoms with Gasteiger partial charge in [-0.2, -0.15) is 0 Å². The van der Waals surface area contributed by atoms with Gasteiger partial charge in [-0.15, -0.1) is 11.3 Å². The lowest BCUT2D eigenvalue weighted by Crippen LogP contribution is -2.36. The summed E-state index contributed by atoms with van der Waals surface area (Å²) in [5.74, 6) is -0.263. The van der Waals surface area contributed by atoms with Crippen LogP contribution in [0.4, 0.5) is 11.4 Å². The van der Waals surface area contributed by atoms with Gasteiger partial charge in [0, 0.05) is 39.6 Å². The van der Waals surface area contributed by atoms with E-state index in [1.165, 1.54) is 11.3 Å². The standard InChI is InChI=1S/C20H17Cl3N2O2S/c1-11-8-13(25-4-6-27-7-5-25)2-3-15(11)24-20(26)19-18(23)17-14(22)9-12(21)10-16(17)28-19/h2-3,8-10H,4-7H2,1H3,(H,24,26). The van der Waals surface area contributed by atoms with Crippen LogP contribution in [0.15, 0.2) is 30.3 Å². The van der Waals surface area contributed by atoms with Crippen LogP contribution < -0.4 is 10.2 Å². The quantitative estimate of drug-likeness (QED) is 0.507. The number of thiophene rings is 1. The molecule has 1 aromatic heterocycles. The zero-order chi connectivity index (χ0) is 19.8. The Morgan fingerprint density at radius 3 is 2.61 bits per heavy atom. The van der Waals surface area contributed by atoms with Gasteiger partial charge in [0.05, 0.1) is 23.3 Å². The fourth-order valence-corrected chi connectivity index (χ4v) is 5.52. The number of hydrogen-bond donors (Lipinski definition) is 1. The third-order valence-corrected chi connectivity index (χ3v) is 6.83. The van der Waals surface area contributed by atoms with Crippen LogP contribution >= 0.6 is 46.1 Å². The van der Waals surface area contributed by atoms with Crippen molar-refractivity contribution in [2.75, 3.05) is 36.5 Å². The maximum atomic E-state index is 12.9. The lowest BCUT2D eigenvalue weighted by Gasteiger charge is -2.29. The van der Waals surface area contributed by atoms with Crippen molar-refractivity contribution in [1.82, 2.24) is 0 Å². The number of benzene rings is 2. The van der Waals surface area contributed by atoms with Crippen LogP contribution in [-0.4, -0.2) is 32.2 Å². The molecular formula is C20H17Cl3N2O2S. The molecule has 2 aromatic carbocycles. The first-order chi connectivity index (χ1) is 13.4. The summed E-state index contributed by atoms with van der Waals surface area (Å²) in [6.45, 7) is 5.17. The number of anilines is 2. The highest BCUT2D eigenvalue weighted by molar-refractivity contribution is 7.21. The molecule has 1 saturated heterocycles. The number of hydrogen-bond acceptors (Lipinski definition) is 4. The first-order valence-corrected chi connectivity index (χ1v) is 10.7. The minimum absolute atomic E-state index is 0.263. The molecule has 0 radical (unpaired) electrons. The Morgan fingerprint density at radius 1 is 1.14 bits per heavy atom. The van der Waals surface area contributed by atoms with Gasteiger partial charge in [0.15, 0.2) is 0 Å². The third-order valence-electron chi connectivity index (χ3n) is 4.69. The Balaban J connectivity index is 1.59. The molecule has 1 aliphatic rings. The van der Waals surface area contributed by atoms with E-state index in [9.17, 15) is 4.79 Å². The molecule has 1 N–H and O–H groups in total. The van der Waals surface area contributed by atoms with E-state index in [2.05, 4.69) is 16.3 Å². The van der Waals surface area contributed by atoms with Gasteiger partial charge in [-0.05, 0) is 42.8 Å². The summed E-state index contributed by atoms with van der Waals surface area (Å²) >= 11 is 20.0. The summed E-state index contributed by atoms with van der Waals surface area (Å²) in [6, 6.07) is 9.39. The third kappa shape index (κ3) is 3.82. The predicted molar refractivity (Wildman–Crippen MR) is 119 cm³/mol. The van der Waals surface area contributed by atoms with Crippen LogP contribution in [0.2, 0.25) is 15.1 Å². The van der Waals surface area contributed by atoms with Crippen molar-refractivity contribution in [2.45, 2.75) is 6.92 Å². The average Bonchev–Trinajstić information content (AvgIpc) is 3.00. The number of carbonyl (C=O) groups excluding carboxylic acids is 1. The van der Waals surface area contributed by atoms with Crippen LogP contribution in [0.3, 0.4) is 0 Å². The minimum atomic E-state index is -0.263. The Bertz CT molecular complexity index is 1060. The number of nitrogens with zero attached hydrogens (tertiary/aromatic N) is 1. The van der Waals surface area contributed by atoms with Crippen LogP contribution in [0.1, 0.15) is 15.2 Å². The van der Waals surface area contributed by atoms with Gasteiger partial charge < -0.3 is 15.0 Å². The van der Waals surface area contributed by atoms with Gasteiger partial charge in [-0.25, -0.2) is 0 Å². The predicted octanol–water partition coefficient (Wildman–Crippen LogP) is 6.26. The molecule has 1 aliphatic heterocycles. The van der Waals surface area contributed by atoms with E-state index in [0.717, 1.165) is 47.9 Å². The Morgan fingerprint density at radius 2 is 1.89 bits per heavy atom. The number of morpholine rings is 1. The average molecular weight is 456 g/mol. The number of rotatable bonds is 3. The molecule has 1 fully saturated rings. The summed E-state index contributed by atoms with van der Waals surface area (Å²) in [5.41, 5.74) is 2.86. The van der Waals surface area contributed by atoms with Crippen molar-refractivity contribution in [3.8, 4) is 0 Å². The summed E-state index contributed by atoms with van der Waals surface area (Å²) in [7, 11) is 0. The second kappa shape index (κ2) is 8.09. The number of aryl methyl sites for hydroxylation is 1. The van der Waals surface area contributed by atoms with Crippen LogP contribution in [0, 0.1) is 6.92 Å². The molecule has 0 saturated carbocycles. The summed E-state index contributed by atoms with van der Waals surface area (Å²) in [6.07, 6.45) is 0. The smallest absolute Gasteiger partial charge is 0.267 e. The second-order valence-electron chi connectivity index (χ2n) is 6.56. The first kappa shape index (κ1) is 19.8. The lowest BCUT2D eigenvalue weighted by molar-refractivity contribution is 0.103. The molecule has 1 amide bonds. The minimum Gasteiger partial charge on any atom is -0.378 e. The maximum Gasteiger partial charge on any atom is 0.267 e. The molecule has 146 valence electrons. The van der Waals surface area contributed by atoms with Gasteiger partial charge in [0.2, 0.25) is 0 Å². The number of carbonyl (C=O) groups is 1. The number of halogens is 3. The van der Waals surface area contributed by atoms with E-state index >= 15 is 0 Å². The molecule has 0 aliphatic carbocycles. The van der Waals surface area contributed by atoms with E-state index in [-0.39, 0.29) is 5.91 Å². The Kier molecular flexibility index (Phi) is 5.72. The van der Waals surface area contributed by atoms with Gasteiger partial charge in [0.1, 0.15) is 4.88 Å². The lowest BCUT2D eigenvalue weighted by atomic mass is 10.1. The van der Waals surface area contributed by atoms with Gasteiger partial charge in [-0.1, -0.05) is 34.8 Å². The molecule has 0 unspecified atom stereocenters. The van der Waals surface area contributed by atoms with Crippen molar-refractivity contribution in [1.29, 1.82) is 0 Å². The van der Waals surface area contributed by atoms with Crippen molar-refractivity contribution in [2.24, 2.45) is 0 Å². The highest BCUT2D eigenvalue weighted by Gasteiger charge is 2.20. The van der Waals surface area contributed by atoms with Crippen molar-refractivity contribution >= 4 is 73.5 Å². The fourth-order valence-electron chi connectivity index (χ4n) is 3.24. The van der Waals surface area contributed by atoms with E-state index in [1.807, 2.05) is 19.1 Å². The molecular weight excluding hydrogens is 439 g/mol. The summed E-state index contributed by atoms with van der Waals surface area (Å²) in [5, 5.41) is 4.91. The SMILES string of the molecule is Cc1cc(N2CCOCC2)ccc1NC(=O)c1sc2cc(Cl)cc(Cl)c2c1Cl. The van der Waals surface area contributed by atoms with Gasteiger partial charge in [-0.3, -0.25) is 4.79 Å². The van der Waals surface area contributed by atoms with Crippen molar-refractivity contribution in [3.05, 3.63) is 55.8 Å². The molecule has 3 aromatic rings. The summed E-state index contributed by atoms with van der Waals surface area (Å²) in [4.78, 5) is 15.5. The monoisotopic (exact) mass is 454 g/mol.